The van der Waals surface area contributed by atoms with E-state index in [0.717, 1.165) is 18.4 Å². The number of nitrogens with zero attached hydrogens (tertiary/aromatic N) is 2. The standard InChI is InChI=1S/C16H14Cl2N2O/c17-11-7-8-19-14(10-11)16(21)20-9-3-6-15(20)12-4-1-2-5-13(12)18/h1-2,4-5,7-8,10,15H,3,6,9H2. The van der Waals surface area contributed by atoms with E-state index < -0.39 is 0 Å². The zero-order valence-electron chi connectivity index (χ0n) is 11.3. The second-order valence-electron chi connectivity index (χ2n) is 5.04. The van der Waals surface area contributed by atoms with E-state index in [1.54, 1.807) is 18.3 Å². The number of halogens is 2. The first-order chi connectivity index (χ1) is 10.2. The molecule has 0 spiro atoms. The van der Waals surface area contributed by atoms with Crippen molar-refractivity contribution in [1.82, 2.24) is 9.88 Å². The van der Waals surface area contributed by atoms with Crippen LogP contribution < -0.4 is 0 Å². The van der Waals surface area contributed by atoms with Gasteiger partial charge >= 0.3 is 0 Å². The lowest BCUT2D eigenvalue weighted by molar-refractivity contribution is 0.0730. The number of rotatable bonds is 2. The first-order valence-corrected chi connectivity index (χ1v) is 7.59. The van der Waals surface area contributed by atoms with Crippen LogP contribution in [0.4, 0.5) is 0 Å². The fraction of sp³-hybridized carbons (Fsp3) is 0.250. The van der Waals surface area contributed by atoms with Crippen LogP contribution in [0.15, 0.2) is 42.6 Å². The molecule has 0 saturated carbocycles. The van der Waals surface area contributed by atoms with Crippen molar-refractivity contribution in [3.05, 3.63) is 63.9 Å². The number of likely N-dealkylation sites (tertiary alicyclic amines) is 1. The smallest absolute Gasteiger partial charge is 0.273 e. The van der Waals surface area contributed by atoms with Crippen molar-refractivity contribution < 1.29 is 4.79 Å². The van der Waals surface area contributed by atoms with E-state index in [9.17, 15) is 4.79 Å². The van der Waals surface area contributed by atoms with Crippen molar-refractivity contribution in [3.63, 3.8) is 0 Å². The molecule has 1 amide bonds. The molecule has 2 aromatic rings. The summed E-state index contributed by atoms with van der Waals surface area (Å²) in [6.45, 7) is 0.711. The number of hydrogen-bond acceptors (Lipinski definition) is 2. The van der Waals surface area contributed by atoms with E-state index in [0.29, 0.717) is 22.3 Å². The molecular weight excluding hydrogens is 307 g/mol. The highest BCUT2D eigenvalue weighted by Crippen LogP contribution is 2.36. The largest absolute Gasteiger partial charge is 0.330 e. The average Bonchev–Trinajstić information content (AvgIpc) is 2.96. The summed E-state index contributed by atoms with van der Waals surface area (Å²) in [6.07, 6.45) is 3.42. The van der Waals surface area contributed by atoms with Crippen molar-refractivity contribution in [1.29, 1.82) is 0 Å². The molecule has 5 heteroatoms. The minimum Gasteiger partial charge on any atom is -0.330 e. The molecule has 0 bridgehead atoms. The summed E-state index contributed by atoms with van der Waals surface area (Å²) in [5.41, 5.74) is 1.37. The zero-order valence-corrected chi connectivity index (χ0v) is 12.8. The summed E-state index contributed by atoms with van der Waals surface area (Å²) >= 11 is 12.2. The van der Waals surface area contributed by atoms with Gasteiger partial charge in [-0.3, -0.25) is 9.78 Å². The van der Waals surface area contributed by atoms with Gasteiger partial charge in [0.1, 0.15) is 5.69 Å². The zero-order chi connectivity index (χ0) is 14.8. The third-order valence-corrected chi connectivity index (χ3v) is 4.30. The molecular formula is C16H14Cl2N2O. The lowest BCUT2D eigenvalue weighted by atomic mass is 10.0. The summed E-state index contributed by atoms with van der Waals surface area (Å²) in [6, 6.07) is 10.9. The van der Waals surface area contributed by atoms with E-state index >= 15 is 0 Å². The van der Waals surface area contributed by atoms with Gasteiger partial charge in [-0.2, -0.15) is 0 Å². The maximum absolute atomic E-state index is 12.7. The van der Waals surface area contributed by atoms with Crippen molar-refractivity contribution in [2.24, 2.45) is 0 Å². The summed E-state index contributed by atoms with van der Waals surface area (Å²) in [7, 11) is 0. The minimum atomic E-state index is -0.0973. The van der Waals surface area contributed by atoms with Gasteiger partial charge in [0.2, 0.25) is 0 Å². The summed E-state index contributed by atoms with van der Waals surface area (Å²) < 4.78 is 0. The van der Waals surface area contributed by atoms with Crippen LogP contribution in [0.3, 0.4) is 0 Å². The number of benzene rings is 1. The normalized spacial score (nSPS) is 18.0. The Bertz CT molecular complexity index is 675. The Labute approximate surface area is 133 Å². The van der Waals surface area contributed by atoms with Gasteiger partial charge in [-0.15, -0.1) is 0 Å². The van der Waals surface area contributed by atoms with E-state index in [1.807, 2.05) is 29.2 Å². The number of aromatic nitrogens is 1. The first kappa shape index (κ1) is 14.4. The quantitative estimate of drug-likeness (QED) is 0.823. The highest BCUT2D eigenvalue weighted by Gasteiger charge is 2.32. The fourth-order valence-corrected chi connectivity index (χ4v) is 3.17. The molecule has 3 nitrogen and oxygen atoms in total. The molecule has 1 aliphatic rings. The molecule has 3 rings (SSSR count). The summed E-state index contributed by atoms with van der Waals surface area (Å²) in [5, 5.41) is 1.21. The summed E-state index contributed by atoms with van der Waals surface area (Å²) in [5.74, 6) is -0.0973. The molecule has 108 valence electrons. The maximum atomic E-state index is 12.7. The van der Waals surface area contributed by atoms with Crippen LogP contribution in [0.5, 0.6) is 0 Å². The van der Waals surface area contributed by atoms with E-state index in [4.69, 9.17) is 23.2 Å². The molecule has 21 heavy (non-hydrogen) atoms. The van der Waals surface area contributed by atoms with Crippen LogP contribution in [0.1, 0.15) is 34.9 Å². The Balaban J connectivity index is 1.91. The van der Waals surface area contributed by atoms with Crippen LogP contribution >= 0.6 is 23.2 Å². The number of hydrogen-bond donors (Lipinski definition) is 0. The van der Waals surface area contributed by atoms with Gasteiger partial charge in [-0.1, -0.05) is 41.4 Å². The number of pyridine rings is 1. The Kier molecular flexibility index (Phi) is 4.13. The molecule has 1 fully saturated rings. The molecule has 0 N–H and O–H groups in total. The van der Waals surface area contributed by atoms with Crippen LogP contribution in [0, 0.1) is 0 Å². The second kappa shape index (κ2) is 6.04. The lowest BCUT2D eigenvalue weighted by Crippen LogP contribution is -2.31. The average molecular weight is 321 g/mol. The predicted octanol–water partition coefficient (Wildman–Crippen LogP) is 4.37. The van der Waals surface area contributed by atoms with Gasteiger partial charge in [-0.05, 0) is 36.6 Å². The molecule has 1 aromatic carbocycles. The summed E-state index contributed by atoms with van der Waals surface area (Å²) in [4.78, 5) is 18.6. The molecule has 2 heterocycles. The molecule has 1 saturated heterocycles. The highest BCUT2D eigenvalue weighted by molar-refractivity contribution is 6.31. The Morgan fingerprint density at radius 1 is 1.24 bits per heavy atom. The molecule has 0 radical (unpaired) electrons. The van der Waals surface area contributed by atoms with Crippen LogP contribution in [-0.4, -0.2) is 22.3 Å². The minimum absolute atomic E-state index is 0.00646. The van der Waals surface area contributed by atoms with Gasteiger partial charge < -0.3 is 4.90 Å². The van der Waals surface area contributed by atoms with Gasteiger partial charge in [0.15, 0.2) is 0 Å². The first-order valence-electron chi connectivity index (χ1n) is 6.84. The SMILES string of the molecule is O=C(c1cc(Cl)ccn1)N1CCCC1c1ccccc1Cl. The van der Waals surface area contributed by atoms with Crippen molar-refractivity contribution in [2.75, 3.05) is 6.54 Å². The van der Waals surface area contributed by atoms with Crippen LogP contribution in [0.25, 0.3) is 0 Å². The van der Waals surface area contributed by atoms with Crippen LogP contribution in [-0.2, 0) is 0 Å². The molecule has 1 unspecified atom stereocenters. The van der Waals surface area contributed by atoms with Crippen molar-refractivity contribution in [2.45, 2.75) is 18.9 Å². The van der Waals surface area contributed by atoms with E-state index in [2.05, 4.69) is 4.98 Å². The molecule has 1 aromatic heterocycles. The van der Waals surface area contributed by atoms with E-state index in [1.165, 1.54) is 0 Å². The predicted molar refractivity (Wildman–Crippen MR) is 83.7 cm³/mol. The fourth-order valence-electron chi connectivity index (χ4n) is 2.75. The molecule has 0 aliphatic carbocycles. The topological polar surface area (TPSA) is 33.2 Å². The second-order valence-corrected chi connectivity index (χ2v) is 5.88. The Morgan fingerprint density at radius 3 is 2.81 bits per heavy atom. The highest BCUT2D eigenvalue weighted by atomic mass is 35.5. The van der Waals surface area contributed by atoms with Gasteiger partial charge in [0.05, 0.1) is 6.04 Å². The Hall–Kier alpha value is -1.58. The number of carbonyl (C=O) groups is 1. The van der Waals surface area contributed by atoms with Gasteiger partial charge in [-0.25, -0.2) is 0 Å². The maximum Gasteiger partial charge on any atom is 0.273 e. The molecule has 1 aliphatic heterocycles. The van der Waals surface area contributed by atoms with Crippen molar-refractivity contribution in [3.8, 4) is 0 Å². The van der Waals surface area contributed by atoms with Gasteiger partial charge in [0, 0.05) is 22.8 Å². The number of amides is 1. The van der Waals surface area contributed by atoms with Gasteiger partial charge in [0.25, 0.3) is 5.91 Å². The molecule has 1 atom stereocenters. The third kappa shape index (κ3) is 2.89. The third-order valence-electron chi connectivity index (χ3n) is 3.72. The van der Waals surface area contributed by atoms with E-state index in [-0.39, 0.29) is 11.9 Å². The number of carbonyl (C=O) groups excluding carboxylic acids is 1. The lowest BCUT2D eigenvalue weighted by Gasteiger charge is -2.25. The Morgan fingerprint density at radius 2 is 2.05 bits per heavy atom. The van der Waals surface area contributed by atoms with Crippen molar-refractivity contribution >= 4 is 29.1 Å². The monoisotopic (exact) mass is 320 g/mol. The van der Waals surface area contributed by atoms with Crippen LogP contribution in [0.2, 0.25) is 10.0 Å².